The van der Waals surface area contributed by atoms with Crippen molar-refractivity contribution in [1.82, 2.24) is 0 Å². The van der Waals surface area contributed by atoms with E-state index in [2.05, 4.69) is 48.5 Å². The van der Waals surface area contributed by atoms with Crippen LogP contribution < -0.4 is 0 Å². The highest BCUT2D eigenvalue weighted by Crippen LogP contribution is 2.15. The summed E-state index contributed by atoms with van der Waals surface area (Å²) in [6.07, 6.45) is 3.20. The number of Topliss-reactive ketones (excluding diaryl/α,β-unsaturated/α-hetero) is 1. The van der Waals surface area contributed by atoms with Crippen LogP contribution in [0, 0.1) is 0 Å². The summed E-state index contributed by atoms with van der Waals surface area (Å²) in [7, 11) is 0. The summed E-state index contributed by atoms with van der Waals surface area (Å²) in [5.41, 5.74) is 4.94. The van der Waals surface area contributed by atoms with Crippen LogP contribution in [-0.2, 0) is 30.5 Å². The summed E-state index contributed by atoms with van der Waals surface area (Å²) in [5, 5.41) is 0. The molecule has 4 bridgehead atoms. The number of fused-ring (bicyclic) bond motifs is 4. The minimum atomic E-state index is 0.297. The topological polar surface area (TPSA) is 17.1 Å². The molecule has 1 aliphatic rings. The molecule has 3 rings (SSSR count). The van der Waals surface area contributed by atoms with Gasteiger partial charge in [0.15, 0.2) is 0 Å². The van der Waals surface area contributed by atoms with Gasteiger partial charge in [0, 0.05) is 12.8 Å². The molecular formula is C17H16O. The fraction of sp³-hybridized carbons (Fsp3) is 0.235. The third-order valence-electron chi connectivity index (χ3n) is 3.49. The maximum absolute atomic E-state index is 12.0. The van der Waals surface area contributed by atoms with E-state index >= 15 is 0 Å². The fourth-order valence-corrected chi connectivity index (χ4v) is 2.60. The van der Waals surface area contributed by atoms with Gasteiger partial charge < -0.3 is 0 Å². The van der Waals surface area contributed by atoms with Gasteiger partial charge in [0.1, 0.15) is 5.78 Å². The Kier molecular flexibility index (Phi) is 2.97. The Morgan fingerprint density at radius 3 is 1.61 bits per heavy atom. The Morgan fingerprint density at radius 1 is 0.667 bits per heavy atom. The Hall–Kier alpha value is -1.89. The predicted molar refractivity (Wildman–Crippen MR) is 72.7 cm³/mol. The normalized spacial score (nSPS) is 15.0. The number of rotatable bonds is 0. The molecular weight excluding hydrogens is 220 g/mol. The molecule has 2 aromatic carbocycles. The smallest absolute Gasteiger partial charge is 0.141 e. The van der Waals surface area contributed by atoms with Gasteiger partial charge in [-0.1, -0.05) is 48.5 Å². The van der Waals surface area contributed by atoms with Crippen LogP contribution in [0.2, 0.25) is 0 Å². The molecule has 0 saturated carbocycles. The van der Waals surface area contributed by atoms with Gasteiger partial charge in [-0.2, -0.15) is 0 Å². The molecule has 0 atom stereocenters. The Labute approximate surface area is 107 Å². The lowest BCUT2D eigenvalue weighted by Gasteiger charge is -2.03. The summed E-state index contributed by atoms with van der Waals surface area (Å²) in [6.45, 7) is 0. The molecule has 0 heterocycles. The number of hydrogen-bond donors (Lipinski definition) is 0. The Balaban J connectivity index is 1.99. The maximum Gasteiger partial charge on any atom is 0.141 e. The van der Waals surface area contributed by atoms with E-state index in [0.29, 0.717) is 18.6 Å². The molecule has 2 aromatic rings. The number of carbonyl (C=O) groups is 1. The summed E-state index contributed by atoms with van der Waals surface area (Å²) in [4.78, 5) is 12.0. The van der Waals surface area contributed by atoms with Crippen molar-refractivity contribution in [3.63, 3.8) is 0 Å². The molecule has 0 N–H and O–H groups in total. The van der Waals surface area contributed by atoms with E-state index in [1.807, 2.05) is 0 Å². The van der Waals surface area contributed by atoms with E-state index in [4.69, 9.17) is 0 Å². The molecule has 0 radical (unpaired) electrons. The van der Waals surface area contributed by atoms with E-state index in [-0.39, 0.29) is 0 Å². The highest BCUT2D eigenvalue weighted by molar-refractivity contribution is 5.83. The second kappa shape index (κ2) is 4.77. The number of ketones is 1. The number of carbonyl (C=O) groups excluding carboxylic acids is 1. The van der Waals surface area contributed by atoms with E-state index in [1.165, 1.54) is 11.1 Å². The highest BCUT2D eigenvalue weighted by atomic mass is 16.1. The average Bonchev–Trinajstić information content (AvgIpc) is 2.37. The molecule has 0 aromatic heterocycles. The van der Waals surface area contributed by atoms with Crippen LogP contribution >= 0.6 is 0 Å². The van der Waals surface area contributed by atoms with Crippen molar-refractivity contribution in [2.45, 2.75) is 25.7 Å². The maximum atomic E-state index is 12.0. The average molecular weight is 236 g/mol. The molecule has 18 heavy (non-hydrogen) atoms. The zero-order chi connectivity index (χ0) is 12.4. The highest BCUT2D eigenvalue weighted by Gasteiger charge is 2.08. The first kappa shape index (κ1) is 11.2. The standard InChI is InChI=1S/C17H16O/c18-17-11-15-5-1-3-13(9-15)7-8-14-4-2-6-16(10-14)12-17/h1-6,9-10H,7-8,11-12H2. The molecule has 1 nitrogen and oxygen atoms in total. The Morgan fingerprint density at radius 2 is 1.11 bits per heavy atom. The van der Waals surface area contributed by atoms with Gasteiger partial charge in [-0.25, -0.2) is 0 Å². The first-order valence-corrected chi connectivity index (χ1v) is 6.47. The van der Waals surface area contributed by atoms with Crippen molar-refractivity contribution in [2.24, 2.45) is 0 Å². The third-order valence-corrected chi connectivity index (χ3v) is 3.49. The lowest BCUT2D eigenvalue weighted by molar-refractivity contribution is -0.117. The SMILES string of the molecule is O=C1Cc2cccc(c2)CCc2cccc(c2)C1. The van der Waals surface area contributed by atoms with Crippen LogP contribution in [0.5, 0.6) is 0 Å². The summed E-state index contributed by atoms with van der Waals surface area (Å²) in [6, 6.07) is 16.9. The predicted octanol–water partition coefficient (Wildman–Crippen LogP) is 3.14. The van der Waals surface area contributed by atoms with Crippen LogP contribution in [0.15, 0.2) is 48.5 Å². The van der Waals surface area contributed by atoms with Gasteiger partial charge in [-0.15, -0.1) is 0 Å². The lowest BCUT2D eigenvalue weighted by Crippen LogP contribution is -2.06. The van der Waals surface area contributed by atoms with Gasteiger partial charge in [0.25, 0.3) is 0 Å². The van der Waals surface area contributed by atoms with E-state index < -0.39 is 0 Å². The van der Waals surface area contributed by atoms with Gasteiger partial charge >= 0.3 is 0 Å². The molecule has 1 heteroatoms. The van der Waals surface area contributed by atoms with Crippen LogP contribution in [0.3, 0.4) is 0 Å². The van der Waals surface area contributed by atoms with Crippen molar-refractivity contribution in [3.8, 4) is 0 Å². The fourth-order valence-electron chi connectivity index (χ4n) is 2.60. The zero-order valence-corrected chi connectivity index (χ0v) is 10.4. The van der Waals surface area contributed by atoms with Crippen molar-refractivity contribution in [2.75, 3.05) is 0 Å². The van der Waals surface area contributed by atoms with Crippen LogP contribution in [0.25, 0.3) is 0 Å². The number of aryl methyl sites for hydroxylation is 2. The van der Waals surface area contributed by atoms with Crippen LogP contribution in [-0.4, -0.2) is 5.78 Å². The molecule has 90 valence electrons. The molecule has 0 spiro atoms. The number of benzene rings is 2. The summed E-state index contributed by atoms with van der Waals surface area (Å²) >= 11 is 0. The molecule has 0 aliphatic heterocycles. The Bertz CT molecular complexity index is 532. The molecule has 1 aliphatic carbocycles. The minimum Gasteiger partial charge on any atom is -0.299 e. The lowest BCUT2D eigenvalue weighted by atomic mass is 10.0. The largest absolute Gasteiger partial charge is 0.299 e. The number of hydrogen-bond acceptors (Lipinski definition) is 1. The minimum absolute atomic E-state index is 0.297. The first-order chi connectivity index (χ1) is 8.79. The molecule has 0 unspecified atom stereocenters. The molecule has 0 saturated heterocycles. The molecule has 0 amide bonds. The quantitative estimate of drug-likeness (QED) is 0.686. The van der Waals surface area contributed by atoms with Crippen LogP contribution in [0.4, 0.5) is 0 Å². The van der Waals surface area contributed by atoms with Crippen molar-refractivity contribution >= 4 is 5.78 Å². The second-order valence-corrected chi connectivity index (χ2v) is 5.03. The van der Waals surface area contributed by atoms with Crippen molar-refractivity contribution < 1.29 is 4.79 Å². The summed E-state index contributed by atoms with van der Waals surface area (Å²) < 4.78 is 0. The van der Waals surface area contributed by atoms with Crippen molar-refractivity contribution in [3.05, 3.63) is 70.8 Å². The van der Waals surface area contributed by atoms with Gasteiger partial charge in [0.2, 0.25) is 0 Å². The zero-order valence-electron chi connectivity index (χ0n) is 10.4. The molecule has 0 fully saturated rings. The summed E-state index contributed by atoms with van der Waals surface area (Å²) in [5.74, 6) is 0.297. The van der Waals surface area contributed by atoms with Crippen molar-refractivity contribution in [1.29, 1.82) is 0 Å². The first-order valence-electron chi connectivity index (χ1n) is 6.47. The monoisotopic (exact) mass is 236 g/mol. The van der Waals surface area contributed by atoms with Crippen LogP contribution in [0.1, 0.15) is 22.3 Å². The second-order valence-electron chi connectivity index (χ2n) is 5.03. The van der Waals surface area contributed by atoms with Gasteiger partial charge in [0.05, 0.1) is 0 Å². The van der Waals surface area contributed by atoms with E-state index in [0.717, 1.165) is 24.0 Å². The van der Waals surface area contributed by atoms with E-state index in [1.54, 1.807) is 0 Å². The van der Waals surface area contributed by atoms with Gasteiger partial charge in [-0.3, -0.25) is 4.79 Å². The van der Waals surface area contributed by atoms with E-state index in [9.17, 15) is 4.79 Å². The third kappa shape index (κ3) is 2.51. The van der Waals surface area contributed by atoms with Gasteiger partial charge in [-0.05, 0) is 35.1 Å².